The van der Waals surface area contributed by atoms with Crippen molar-refractivity contribution >= 4 is 15.8 Å². The van der Waals surface area contributed by atoms with Gasteiger partial charge in [0.1, 0.15) is 12.3 Å². The maximum absolute atomic E-state index is 11.6. The van der Waals surface area contributed by atoms with Crippen molar-refractivity contribution in [1.29, 1.82) is 0 Å². The van der Waals surface area contributed by atoms with Gasteiger partial charge in [-0.25, -0.2) is 13.4 Å². The first-order valence-electron chi connectivity index (χ1n) is 8.88. The van der Waals surface area contributed by atoms with Gasteiger partial charge in [0.05, 0.1) is 17.8 Å². The molecule has 1 atom stereocenters. The number of guanidine groups is 1. The van der Waals surface area contributed by atoms with Gasteiger partial charge in [0.2, 0.25) is 0 Å². The number of nitrogens with zero attached hydrogens (tertiary/aromatic N) is 1. The van der Waals surface area contributed by atoms with Crippen LogP contribution in [0.4, 0.5) is 0 Å². The summed E-state index contributed by atoms with van der Waals surface area (Å²) in [4.78, 5) is 4.61. The second-order valence-electron chi connectivity index (χ2n) is 6.87. The molecular weight excluding hydrogens is 326 g/mol. The van der Waals surface area contributed by atoms with E-state index in [1.54, 1.807) is 6.26 Å². The topological polar surface area (TPSA) is 83.7 Å². The van der Waals surface area contributed by atoms with Gasteiger partial charge in [-0.1, -0.05) is 19.3 Å². The van der Waals surface area contributed by atoms with Crippen molar-refractivity contribution in [1.82, 2.24) is 10.6 Å². The molecule has 3 rings (SSSR count). The Labute approximate surface area is 144 Å². The van der Waals surface area contributed by atoms with Crippen LogP contribution in [0, 0.1) is 5.92 Å². The van der Waals surface area contributed by atoms with Gasteiger partial charge in [0.25, 0.3) is 0 Å². The summed E-state index contributed by atoms with van der Waals surface area (Å²) in [5, 5.41) is 6.85. The van der Waals surface area contributed by atoms with Gasteiger partial charge in [-0.05, 0) is 37.3 Å². The van der Waals surface area contributed by atoms with Gasteiger partial charge in [-0.15, -0.1) is 0 Å². The van der Waals surface area contributed by atoms with Crippen LogP contribution in [0.1, 0.15) is 44.3 Å². The Morgan fingerprint density at radius 2 is 2.08 bits per heavy atom. The Balaban J connectivity index is 1.56. The third kappa shape index (κ3) is 5.26. The molecule has 0 aromatic carbocycles. The summed E-state index contributed by atoms with van der Waals surface area (Å²) >= 11 is 0. The Bertz CT molecular complexity index is 634. The van der Waals surface area contributed by atoms with Crippen LogP contribution < -0.4 is 10.6 Å². The molecule has 24 heavy (non-hydrogen) atoms. The summed E-state index contributed by atoms with van der Waals surface area (Å²) in [6.07, 6.45) is 8.54. The minimum Gasteiger partial charge on any atom is -0.467 e. The van der Waals surface area contributed by atoms with E-state index in [9.17, 15) is 8.42 Å². The molecule has 2 aliphatic rings. The van der Waals surface area contributed by atoms with Gasteiger partial charge < -0.3 is 15.1 Å². The zero-order valence-corrected chi connectivity index (χ0v) is 14.9. The lowest BCUT2D eigenvalue weighted by atomic mass is 9.96. The summed E-state index contributed by atoms with van der Waals surface area (Å²) < 4.78 is 28.5. The molecule has 0 amide bonds. The SMILES string of the molecule is O=S1(=O)CCC(CNC(=NCc2ccco2)NC2CCCCC2)C1. The number of hydrogen-bond acceptors (Lipinski definition) is 4. The first-order valence-corrected chi connectivity index (χ1v) is 10.7. The number of rotatable bonds is 5. The summed E-state index contributed by atoms with van der Waals surface area (Å²) in [7, 11) is -2.83. The fourth-order valence-corrected chi connectivity index (χ4v) is 5.29. The zero-order valence-electron chi connectivity index (χ0n) is 14.0. The highest BCUT2D eigenvalue weighted by Gasteiger charge is 2.28. The Kier molecular flexibility index (Phi) is 5.81. The standard InChI is InChI=1S/C17H27N3O3S/c21-24(22)10-8-14(13-24)11-18-17(19-12-16-7-4-9-23-16)20-15-5-2-1-3-6-15/h4,7,9,14-15H,1-3,5-6,8,10-13H2,(H2,18,19,20). The van der Waals surface area contributed by atoms with Crippen molar-refractivity contribution < 1.29 is 12.8 Å². The van der Waals surface area contributed by atoms with Crippen LogP contribution in [0.15, 0.2) is 27.8 Å². The second kappa shape index (κ2) is 8.05. The molecule has 0 spiro atoms. The van der Waals surface area contributed by atoms with E-state index in [0.717, 1.165) is 18.1 Å². The normalized spacial score (nSPS) is 24.8. The molecule has 2 fully saturated rings. The van der Waals surface area contributed by atoms with Gasteiger partial charge in [0, 0.05) is 12.6 Å². The molecule has 1 saturated heterocycles. The van der Waals surface area contributed by atoms with E-state index >= 15 is 0 Å². The lowest BCUT2D eigenvalue weighted by Crippen LogP contribution is -2.45. The van der Waals surface area contributed by atoms with E-state index in [-0.39, 0.29) is 11.7 Å². The largest absolute Gasteiger partial charge is 0.467 e. The van der Waals surface area contributed by atoms with E-state index in [1.807, 2.05) is 12.1 Å². The highest BCUT2D eigenvalue weighted by molar-refractivity contribution is 7.91. The average Bonchev–Trinajstić information content (AvgIpc) is 3.20. The zero-order chi connectivity index (χ0) is 16.8. The van der Waals surface area contributed by atoms with Crippen LogP contribution >= 0.6 is 0 Å². The first kappa shape index (κ1) is 17.3. The monoisotopic (exact) mass is 353 g/mol. The third-order valence-electron chi connectivity index (χ3n) is 4.80. The molecule has 0 radical (unpaired) electrons. The molecule has 134 valence electrons. The highest BCUT2D eigenvalue weighted by Crippen LogP contribution is 2.18. The molecular formula is C17H27N3O3S. The van der Waals surface area contributed by atoms with Gasteiger partial charge >= 0.3 is 0 Å². The predicted molar refractivity (Wildman–Crippen MR) is 94.6 cm³/mol. The van der Waals surface area contributed by atoms with Crippen molar-refractivity contribution in [3.63, 3.8) is 0 Å². The number of nitrogens with one attached hydrogen (secondary N) is 2. The smallest absolute Gasteiger partial charge is 0.191 e. The fraction of sp³-hybridized carbons (Fsp3) is 0.706. The lowest BCUT2D eigenvalue weighted by Gasteiger charge is -2.25. The first-order chi connectivity index (χ1) is 11.6. The second-order valence-corrected chi connectivity index (χ2v) is 9.10. The molecule has 1 saturated carbocycles. The van der Waals surface area contributed by atoms with Gasteiger partial charge in [-0.3, -0.25) is 0 Å². The average molecular weight is 353 g/mol. The van der Waals surface area contributed by atoms with Crippen LogP contribution in [0.3, 0.4) is 0 Å². The summed E-state index contributed by atoms with van der Waals surface area (Å²) in [6.45, 7) is 1.13. The van der Waals surface area contributed by atoms with Crippen molar-refractivity contribution in [3.05, 3.63) is 24.2 Å². The Hall–Kier alpha value is -1.50. The molecule has 2 N–H and O–H groups in total. The van der Waals surface area contributed by atoms with Crippen molar-refractivity contribution in [2.75, 3.05) is 18.1 Å². The minimum absolute atomic E-state index is 0.178. The molecule has 7 heteroatoms. The summed E-state index contributed by atoms with van der Waals surface area (Å²) in [6, 6.07) is 4.22. The van der Waals surface area contributed by atoms with Crippen LogP contribution in [-0.2, 0) is 16.4 Å². The number of hydrogen-bond donors (Lipinski definition) is 2. The fourth-order valence-electron chi connectivity index (χ4n) is 3.43. The molecule has 1 aliphatic carbocycles. The van der Waals surface area contributed by atoms with Gasteiger partial charge in [0.15, 0.2) is 15.8 Å². The van der Waals surface area contributed by atoms with Crippen LogP contribution in [0.25, 0.3) is 0 Å². The minimum atomic E-state index is -2.83. The summed E-state index contributed by atoms with van der Waals surface area (Å²) in [5.41, 5.74) is 0. The van der Waals surface area contributed by atoms with Crippen LogP contribution in [0.2, 0.25) is 0 Å². The van der Waals surface area contributed by atoms with Crippen molar-refractivity contribution in [3.8, 4) is 0 Å². The summed E-state index contributed by atoms with van der Waals surface area (Å²) in [5.74, 6) is 2.37. The Morgan fingerprint density at radius 1 is 1.25 bits per heavy atom. The van der Waals surface area contributed by atoms with E-state index in [4.69, 9.17) is 4.42 Å². The van der Waals surface area contributed by atoms with E-state index in [1.165, 1.54) is 32.1 Å². The molecule has 1 aliphatic heterocycles. The molecule has 1 aromatic heterocycles. The molecule has 1 aromatic rings. The predicted octanol–water partition coefficient (Wildman–Crippen LogP) is 2.08. The maximum atomic E-state index is 11.6. The number of sulfone groups is 1. The molecule has 6 nitrogen and oxygen atoms in total. The van der Waals surface area contributed by atoms with E-state index in [0.29, 0.717) is 24.9 Å². The van der Waals surface area contributed by atoms with Crippen molar-refractivity contribution in [2.45, 2.75) is 51.1 Å². The quantitative estimate of drug-likeness (QED) is 0.625. The molecule has 0 bridgehead atoms. The third-order valence-corrected chi connectivity index (χ3v) is 6.64. The molecule has 2 heterocycles. The lowest BCUT2D eigenvalue weighted by molar-refractivity contribution is 0.408. The number of furan rings is 1. The number of aliphatic imine (C=N–C) groups is 1. The molecule has 1 unspecified atom stereocenters. The van der Waals surface area contributed by atoms with E-state index < -0.39 is 9.84 Å². The van der Waals surface area contributed by atoms with Crippen LogP contribution in [0.5, 0.6) is 0 Å². The Morgan fingerprint density at radius 3 is 2.75 bits per heavy atom. The van der Waals surface area contributed by atoms with E-state index in [2.05, 4.69) is 15.6 Å². The maximum Gasteiger partial charge on any atom is 0.191 e. The van der Waals surface area contributed by atoms with Crippen molar-refractivity contribution in [2.24, 2.45) is 10.9 Å². The van der Waals surface area contributed by atoms with Crippen LogP contribution in [-0.4, -0.2) is 38.5 Å². The van der Waals surface area contributed by atoms with Gasteiger partial charge in [-0.2, -0.15) is 0 Å². The highest BCUT2D eigenvalue weighted by atomic mass is 32.2.